The van der Waals surface area contributed by atoms with E-state index in [4.69, 9.17) is 14.2 Å². The number of para-hydroxylation sites is 2. The summed E-state index contributed by atoms with van der Waals surface area (Å²) in [6, 6.07) is 16.4. The highest BCUT2D eigenvalue weighted by molar-refractivity contribution is 5.33. The fourth-order valence-corrected chi connectivity index (χ4v) is 3.61. The minimum Gasteiger partial charge on any atom is -0.491 e. The second-order valence-electron chi connectivity index (χ2n) is 7.89. The number of benzene rings is 2. The molecule has 170 valence electrons. The van der Waals surface area contributed by atoms with E-state index in [0.29, 0.717) is 26.4 Å². The van der Waals surface area contributed by atoms with Crippen molar-refractivity contribution in [1.82, 2.24) is 15.5 Å². The zero-order valence-electron chi connectivity index (χ0n) is 18.8. The van der Waals surface area contributed by atoms with Crippen LogP contribution in [0.3, 0.4) is 0 Å². The van der Waals surface area contributed by atoms with E-state index in [1.807, 2.05) is 24.3 Å². The van der Waals surface area contributed by atoms with Gasteiger partial charge in [0.2, 0.25) is 0 Å². The number of hydrogen-bond donors (Lipinski definition) is 2. The van der Waals surface area contributed by atoms with Crippen molar-refractivity contribution >= 4 is 0 Å². The molecule has 0 unspecified atom stereocenters. The molecule has 31 heavy (non-hydrogen) atoms. The minimum atomic E-state index is 0.530. The van der Waals surface area contributed by atoms with Crippen molar-refractivity contribution in [3.05, 3.63) is 59.7 Å². The second kappa shape index (κ2) is 14.0. The van der Waals surface area contributed by atoms with Crippen molar-refractivity contribution in [2.45, 2.75) is 25.9 Å². The van der Waals surface area contributed by atoms with Gasteiger partial charge in [0.05, 0.1) is 13.2 Å². The van der Waals surface area contributed by atoms with Gasteiger partial charge >= 0.3 is 0 Å². The maximum absolute atomic E-state index is 5.95. The Bertz CT molecular complexity index is 695. The molecule has 2 N–H and O–H groups in total. The van der Waals surface area contributed by atoms with Gasteiger partial charge in [-0.1, -0.05) is 36.4 Å². The summed E-state index contributed by atoms with van der Waals surface area (Å²) in [4.78, 5) is 2.41. The largest absolute Gasteiger partial charge is 0.491 e. The molecular formula is C25H37N3O3. The molecule has 0 saturated carbocycles. The lowest BCUT2D eigenvalue weighted by Gasteiger charge is -2.18. The number of rotatable bonds is 0. The number of ether oxygens (including phenoxy) is 3. The van der Waals surface area contributed by atoms with Crippen LogP contribution in [0.5, 0.6) is 11.5 Å². The molecule has 6 heteroatoms. The molecule has 0 aromatic heterocycles. The summed E-state index contributed by atoms with van der Waals surface area (Å²) in [6.45, 7) is 7.97. The molecule has 1 heterocycles. The highest BCUT2D eigenvalue weighted by Crippen LogP contribution is 2.18. The number of nitrogens with one attached hydrogen (secondary N) is 2. The van der Waals surface area contributed by atoms with Gasteiger partial charge in [0.25, 0.3) is 0 Å². The molecular weight excluding hydrogens is 390 g/mol. The van der Waals surface area contributed by atoms with Crippen LogP contribution in [0.4, 0.5) is 0 Å². The highest BCUT2D eigenvalue weighted by Gasteiger charge is 2.05. The van der Waals surface area contributed by atoms with E-state index in [0.717, 1.165) is 63.6 Å². The zero-order valence-corrected chi connectivity index (χ0v) is 18.8. The number of nitrogens with zero attached hydrogens (tertiary/aromatic N) is 1. The predicted octanol–water partition coefficient (Wildman–Crippen LogP) is 3.07. The molecule has 0 bridgehead atoms. The molecule has 0 radical (unpaired) electrons. The summed E-state index contributed by atoms with van der Waals surface area (Å²) in [6.07, 6.45) is 2.26. The van der Waals surface area contributed by atoms with Crippen LogP contribution in [0, 0.1) is 0 Å². The fraction of sp³-hybridized carbons (Fsp3) is 0.520. The first kappa shape index (κ1) is 23.5. The topological polar surface area (TPSA) is 55.0 Å². The number of hydrogen-bond acceptors (Lipinski definition) is 6. The Balaban J connectivity index is 1.53. The highest BCUT2D eigenvalue weighted by atomic mass is 16.5. The maximum Gasteiger partial charge on any atom is 0.123 e. The summed E-state index contributed by atoms with van der Waals surface area (Å²) in [5, 5.41) is 7.08. The Morgan fingerprint density at radius 1 is 0.677 bits per heavy atom. The van der Waals surface area contributed by atoms with Crippen LogP contribution >= 0.6 is 0 Å². The van der Waals surface area contributed by atoms with E-state index in [9.17, 15) is 0 Å². The first-order valence-electron chi connectivity index (χ1n) is 11.4. The third kappa shape index (κ3) is 8.87. The van der Waals surface area contributed by atoms with Crippen molar-refractivity contribution in [3.63, 3.8) is 0 Å². The van der Waals surface area contributed by atoms with Gasteiger partial charge < -0.3 is 29.7 Å². The molecule has 2 aromatic carbocycles. The van der Waals surface area contributed by atoms with E-state index < -0.39 is 0 Å². The Labute approximate surface area is 186 Å². The summed E-state index contributed by atoms with van der Waals surface area (Å²) < 4.78 is 17.6. The molecule has 1 aliphatic heterocycles. The summed E-state index contributed by atoms with van der Waals surface area (Å²) in [5.41, 5.74) is 2.37. The molecule has 6 nitrogen and oxygen atoms in total. The third-order valence-electron chi connectivity index (χ3n) is 5.33. The smallest absolute Gasteiger partial charge is 0.123 e. The Kier molecular flexibility index (Phi) is 10.7. The van der Waals surface area contributed by atoms with E-state index in [1.165, 1.54) is 11.1 Å². The molecule has 3 rings (SSSR count). The Morgan fingerprint density at radius 2 is 1.16 bits per heavy atom. The van der Waals surface area contributed by atoms with E-state index >= 15 is 0 Å². The van der Waals surface area contributed by atoms with E-state index in [-0.39, 0.29) is 0 Å². The molecule has 0 atom stereocenters. The van der Waals surface area contributed by atoms with Gasteiger partial charge in [-0.3, -0.25) is 0 Å². The third-order valence-corrected chi connectivity index (χ3v) is 5.33. The molecule has 2 aromatic rings. The summed E-state index contributed by atoms with van der Waals surface area (Å²) in [5.74, 6) is 1.85. The molecule has 0 aliphatic carbocycles. The standard InChI is InChI=1S/C25H37N3O3/c1-28-14-6-12-26-20-22-8-2-4-10-24(22)30-18-16-29-17-19-31-25-11-5-3-9-23(25)21-27-13-7-15-28/h2-5,8-11,26-27H,6-7,12-21H2,1H3. The summed E-state index contributed by atoms with van der Waals surface area (Å²) >= 11 is 0. The van der Waals surface area contributed by atoms with Crippen LogP contribution in [0.1, 0.15) is 24.0 Å². The first-order chi connectivity index (χ1) is 15.3. The molecule has 1 aliphatic rings. The molecule has 0 fully saturated rings. The van der Waals surface area contributed by atoms with Crippen molar-refractivity contribution in [1.29, 1.82) is 0 Å². The average molecular weight is 428 g/mol. The van der Waals surface area contributed by atoms with Crippen molar-refractivity contribution in [3.8, 4) is 11.5 Å². The van der Waals surface area contributed by atoms with Crippen LogP contribution in [-0.2, 0) is 17.8 Å². The fourth-order valence-electron chi connectivity index (χ4n) is 3.61. The lowest BCUT2D eigenvalue weighted by Crippen LogP contribution is -2.27. The van der Waals surface area contributed by atoms with Crippen molar-refractivity contribution in [2.75, 3.05) is 59.7 Å². The van der Waals surface area contributed by atoms with Crippen LogP contribution < -0.4 is 20.1 Å². The SMILES string of the molecule is CN1CCCNCc2ccccc2OCCOCCOc2ccccc2CNCCC1. The van der Waals surface area contributed by atoms with Crippen LogP contribution in [0.25, 0.3) is 0 Å². The Morgan fingerprint density at radius 3 is 1.68 bits per heavy atom. The maximum atomic E-state index is 5.95. The van der Waals surface area contributed by atoms with Gasteiger partial charge in [0, 0.05) is 24.2 Å². The average Bonchev–Trinajstić information content (AvgIpc) is 2.79. The summed E-state index contributed by atoms with van der Waals surface area (Å²) in [7, 11) is 2.20. The predicted molar refractivity (Wildman–Crippen MR) is 125 cm³/mol. The van der Waals surface area contributed by atoms with Gasteiger partial charge in [0.1, 0.15) is 24.7 Å². The molecule has 0 spiro atoms. The van der Waals surface area contributed by atoms with E-state index in [1.54, 1.807) is 0 Å². The van der Waals surface area contributed by atoms with Crippen LogP contribution in [0.15, 0.2) is 48.5 Å². The second-order valence-corrected chi connectivity index (χ2v) is 7.89. The monoisotopic (exact) mass is 427 g/mol. The van der Waals surface area contributed by atoms with E-state index in [2.05, 4.69) is 46.8 Å². The lowest BCUT2D eigenvalue weighted by molar-refractivity contribution is 0.0759. The minimum absolute atomic E-state index is 0.530. The lowest BCUT2D eigenvalue weighted by atomic mass is 10.2. The molecule has 0 amide bonds. The van der Waals surface area contributed by atoms with Crippen LogP contribution in [-0.4, -0.2) is 64.6 Å². The molecule has 0 saturated heterocycles. The van der Waals surface area contributed by atoms with Gasteiger partial charge in [0.15, 0.2) is 0 Å². The van der Waals surface area contributed by atoms with Gasteiger partial charge in [-0.25, -0.2) is 0 Å². The van der Waals surface area contributed by atoms with Gasteiger partial charge in [-0.15, -0.1) is 0 Å². The van der Waals surface area contributed by atoms with Gasteiger partial charge in [-0.05, 0) is 58.2 Å². The normalized spacial score (nSPS) is 18.9. The quantitative estimate of drug-likeness (QED) is 0.674. The van der Waals surface area contributed by atoms with Crippen LogP contribution in [0.2, 0.25) is 0 Å². The van der Waals surface area contributed by atoms with Crippen molar-refractivity contribution < 1.29 is 14.2 Å². The number of fused-ring (bicyclic) bond motifs is 2. The Hall–Kier alpha value is -2.12. The first-order valence-corrected chi connectivity index (χ1v) is 11.4. The van der Waals surface area contributed by atoms with Gasteiger partial charge in [-0.2, -0.15) is 0 Å². The zero-order chi connectivity index (χ0) is 21.6. The van der Waals surface area contributed by atoms with Crippen molar-refractivity contribution in [2.24, 2.45) is 0 Å².